The standard InChI is InChI=1S/C14H19F2NO/c1-8-4-5-9(6-11(8)18-13(15)16)12-10(7-17)14(12,2)3/h4-6,10,12-13H,7,17H2,1-3H3. The first-order valence-electron chi connectivity index (χ1n) is 6.13. The summed E-state index contributed by atoms with van der Waals surface area (Å²) >= 11 is 0. The molecule has 2 rings (SSSR count). The Labute approximate surface area is 106 Å². The molecule has 18 heavy (non-hydrogen) atoms. The molecule has 100 valence electrons. The summed E-state index contributed by atoms with van der Waals surface area (Å²) in [7, 11) is 0. The first kappa shape index (κ1) is 13.3. The molecule has 0 aliphatic heterocycles. The topological polar surface area (TPSA) is 35.2 Å². The lowest BCUT2D eigenvalue weighted by atomic mass is 10.0. The second kappa shape index (κ2) is 4.50. The van der Waals surface area contributed by atoms with Crippen molar-refractivity contribution in [3.8, 4) is 5.75 Å². The summed E-state index contributed by atoms with van der Waals surface area (Å²) in [6.45, 7) is 3.92. The molecule has 0 radical (unpaired) electrons. The Morgan fingerprint density at radius 1 is 1.39 bits per heavy atom. The van der Waals surface area contributed by atoms with Crippen molar-refractivity contribution in [3.63, 3.8) is 0 Å². The Balaban J connectivity index is 2.26. The summed E-state index contributed by atoms with van der Waals surface area (Å²) in [5.41, 5.74) is 7.64. The van der Waals surface area contributed by atoms with Crippen molar-refractivity contribution in [2.75, 3.05) is 6.54 Å². The van der Waals surface area contributed by atoms with Gasteiger partial charge in [-0.15, -0.1) is 0 Å². The largest absolute Gasteiger partial charge is 0.435 e. The zero-order chi connectivity index (χ0) is 13.5. The Hall–Kier alpha value is -1.16. The lowest BCUT2D eigenvalue weighted by Gasteiger charge is -2.10. The molecule has 1 aliphatic carbocycles. The van der Waals surface area contributed by atoms with E-state index in [-0.39, 0.29) is 11.2 Å². The zero-order valence-electron chi connectivity index (χ0n) is 10.9. The van der Waals surface area contributed by atoms with Gasteiger partial charge in [-0.25, -0.2) is 0 Å². The summed E-state index contributed by atoms with van der Waals surface area (Å²) in [6, 6.07) is 5.54. The number of halogens is 2. The highest BCUT2D eigenvalue weighted by Gasteiger charge is 2.57. The van der Waals surface area contributed by atoms with E-state index in [2.05, 4.69) is 18.6 Å². The molecular weight excluding hydrogens is 236 g/mol. The fourth-order valence-electron chi connectivity index (χ4n) is 2.88. The van der Waals surface area contributed by atoms with Gasteiger partial charge in [0.1, 0.15) is 5.75 Å². The van der Waals surface area contributed by atoms with Crippen molar-refractivity contribution in [2.24, 2.45) is 17.1 Å². The molecule has 2 nitrogen and oxygen atoms in total. The smallest absolute Gasteiger partial charge is 0.387 e. The van der Waals surface area contributed by atoms with E-state index in [1.807, 2.05) is 12.1 Å². The monoisotopic (exact) mass is 255 g/mol. The molecule has 2 N–H and O–H groups in total. The number of hydrogen-bond donors (Lipinski definition) is 1. The van der Waals surface area contributed by atoms with Crippen molar-refractivity contribution in [3.05, 3.63) is 29.3 Å². The minimum atomic E-state index is -2.78. The number of hydrogen-bond acceptors (Lipinski definition) is 2. The van der Waals surface area contributed by atoms with E-state index >= 15 is 0 Å². The molecule has 1 aromatic carbocycles. The van der Waals surface area contributed by atoms with Gasteiger partial charge in [-0.05, 0) is 47.9 Å². The lowest BCUT2D eigenvalue weighted by Crippen LogP contribution is -2.05. The van der Waals surface area contributed by atoms with Crippen molar-refractivity contribution in [1.29, 1.82) is 0 Å². The van der Waals surface area contributed by atoms with Gasteiger partial charge in [-0.1, -0.05) is 26.0 Å². The van der Waals surface area contributed by atoms with Crippen molar-refractivity contribution >= 4 is 0 Å². The highest BCUT2D eigenvalue weighted by Crippen LogP contribution is 2.64. The first-order chi connectivity index (χ1) is 8.37. The van der Waals surface area contributed by atoms with Crippen LogP contribution in [0, 0.1) is 18.3 Å². The fraction of sp³-hybridized carbons (Fsp3) is 0.571. The number of ether oxygens (including phenoxy) is 1. The quantitative estimate of drug-likeness (QED) is 0.896. The molecule has 0 bridgehead atoms. The maximum absolute atomic E-state index is 12.3. The maximum Gasteiger partial charge on any atom is 0.387 e. The van der Waals surface area contributed by atoms with Gasteiger partial charge in [0.15, 0.2) is 0 Å². The molecule has 0 spiro atoms. The van der Waals surface area contributed by atoms with E-state index in [4.69, 9.17) is 5.73 Å². The van der Waals surface area contributed by atoms with E-state index in [1.165, 1.54) is 0 Å². The molecule has 0 amide bonds. The van der Waals surface area contributed by atoms with Crippen LogP contribution in [0.15, 0.2) is 18.2 Å². The number of rotatable bonds is 4. The highest BCUT2D eigenvalue weighted by molar-refractivity contribution is 5.42. The average Bonchev–Trinajstić information content (AvgIpc) is 2.83. The number of benzene rings is 1. The molecule has 0 saturated heterocycles. The normalized spacial score (nSPS) is 25.3. The van der Waals surface area contributed by atoms with E-state index in [0.29, 0.717) is 18.4 Å². The molecule has 1 fully saturated rings. The Kier molecular flexibility index (Phi) is 3.32. The third kappa shape index (κ3) is 2.21. The molecule has 0 heterocycles. The molecule has 1 aromatic rings. The highest BCUT2D eigenvalue weighted by atomic mass is 19.3. The number of alkyl halides is 2. The average molecular weight is 255 g/mol. The minimum Gasteiger partial charge on any atom is -0.435 e. The van der Waals surface area contributed by atoms with Crippen LogP contribution >= 0.6 is 0 Å². The molecule has 1 aliphatic rings. The van der Waals surface area contributed by atoms with Gasteiger partial charge in [0.2, 0.25) is 0 Å². The van der Waals surface area contributed by atoms with Gasteiger partial charge < -0.3 is 10.5 Å². The Morgan fingerprint density at radius 2 is 2.06 bits per heavy atom. The van der Waals surface area contributed by atoms with E-state index in [9.17, 15) is 8.78 Å². The van der Waals surface area contributed by atoms with Gasteiger partial charge in [0.05, 0.1) is 0 Å². The van der Waals surface area contributed by atoms with Crippen LogP contribution in [0.1, 0.15) is 30.9 Å². The number of aryl methyl sites for hydroxylation is 1. The lowest BCUT2D eigenvalue weighted by molar-refractivity contribution is -0.0503. The fourth-order valence-corrected chi connectivity index (χ4v) is 2.88. The predicted molar refractivity (Wildman–Crippen MR) is 66.9 cm³/mol. The van der Waals surface area contributed by atoms with Crippen LogP contribution in [0.4, 0.5) is 8.78 Å². The van der Waals surface area contributed by atoms with E-state index < -0.39 is 6.61 Å². The van der Waals surface area contributed by atoms with Crippen LogP contribution in [0.2, 0.25) is 0 Å². The Bertz CT molecular complexity index is 445. The summed E-state index contributed by atoms with van der Waals surface area (Å²) in [4.78, 5) is 0. The third-order valence-electron chi connectivity index (χ3n) is 4.09. The van der Waals surface area contributed by atoms with Gasteiger partial charge in [-0.2, -0.15) is 8.78 Å². The van der Waals surface area contributed by atoms with Crippen molar-refractivity contribution < 1.29 is 13.5 Å². The second-order valence-electron chi connectivity index (χ2n) is 5.54. The summed E-state index contributed by atoms with van der Waals surface area (Å²) in [5, 5.41) is 0. The molecule has 2 atom stereocenters. The Morgan fingerprint density at radius 3 is 2.56 bits per heavy atom. The van der Waals surface area contributed by atoms with E-state index in [0.717, 1.165) is 11.1 Å². The SMILES string of the molecule is Cc1ccc(C2C(CN)C2(C)C)cc1OC(F)F. The van der Waals surface area contributed by atoms with Gasteiger partial charge >= 0.3 is 6.61 Å². The predicted octanol–water partition coefficient (Wildman–Crippen LogP) is 3.29. The van der Waals surface area contributed by atoms with Gasteiger partial charge in [0.25, 0.3) is 0 Å². The van der Waals surface area contributed by atoms with Gasteiger partial charge in [0, 0.05) is 0 Å². The minimum absolute atomic E-state index is 0.145. The summed E-state index contributed by atoms with van der Waals surface area (Å²) in [5.74, 6) is 1.02. The molecule has 4 heteroatoms. The van der Waals surface area contributed by atoms with Crippen LogP contribution in [-0.4, -0.2) is 13.2 Å². The number of nitrogens with two attached hydrogens (primary N) is 1. The summed E-state index contributed by atoms with van der Waals surface area (Å²) < 4.78 is 29.1. The van der Waals surface area contributed by atoms with Crippen LogP contribution in [0.3, 0.4) is 0 Å². The van der Waals surface area contributed by atoms with Crippen LogP contribution in [0.25, 0.3) is 0 Å². The van der Waals surface area contributed by atoms with E-state index in [1.54, 1.807) is 13.0 Å². The third-order valence-corrected chi connectivity index (χ3v) is 4.09. The van der Waals surface area contributed by atoms with Crippen molar-refractivity contribution in [2.45, 2.75) is 33.3 Å². The molecule has 2 unspecified atom stereocenters. The zero-order valence-corrected chi connectivity index (χ0v) is 10.9. The van der Waals surface area contributed by atoms with Crippen LogP contribution in [0.5, 0.6) is 5.75 Å². The molecule has 0 aromatic heterocycles. The van der Waals surface area contributed by atoms with Gasteiger partial charge in [-0.3, -0.25) is 0 Å². The summed E-state index contributed by atoms with van der Waals surface area (Å²) in [6.07, 6.45) is 0. The second-order valence-corrected chi connectivity index (χ2v) is 5.54. The molecule has 1 saturated carbocycles. The van der Waals surface area contributed by atoms with Crippen LogP contribution < -0.4 is 10.5 Å². The van der Waals surface area contributed by atoms with Crippen LogP contribution in [-0.2, 0) is 0 Å². The molecular formula is C14H19F2NO. The first-order valence-corrected chi connectivity index (χ1v) is 6.13. The maximum atomic E-state index is 12.3. The van der Waals surface area contributed by atoms with Crippen molar-refractivity contribution in [1.82, 2.24) is 0 Å².